The molecule has 0 spiro atoms. The van der Waals surface area contributed by atoms with Crippen molar-refractivity contribution in [2.75, 3.05) is 24.6 Å². The number of anilines is 1. The molecular weight excluding hydrogens is 256 g/mol. The fraction of sp³-hybridized carbons (Fsp3) is 0.533. The second-order valence-electron chi connectivity index (χ2n) is 5.01. The predicted molar refractivity (Wildman–Crippen MR) is 83.9 cm³/mol. The van der Waals surface area contributed by atoms with Crippen molar-refractivity contribution in [3.05, 3.63) is 29.3 Å². The molecule has 1 saturated heterocycles. The molecular formula is C15H22N2OS. The van der Waals surface area contributed by atoms with Crippen molar-refractivity contribution in [1.29, 1.82) is 0 Å². The molecule has 0 saturated carbocycles. The van der Waals surface area contributed by atoms with E-state index in [-0.39, 0.29) is 0 Å². The zero-order valence-electron chi connectivity index (χ0n) is 11.7. The van der Waals surface area contributed by atoms with E-state index in [4.69, 9.17) is 22.7 Å². The normalized spacial score (nSPS) is 16.6. The molecule has 0 aromatic heterocycles. The first-order chi connectivity index (χ1) is 9.11. The van der Waals surface area contributed by atoms with E-state index >= 15 is 0 Å². The van der Waals surface area contributed by atoms with E-state index in [1.165, 1.54) is 5.69 Å². The minimum absolute atomic E-state index is 0.429. The summed E-state index contributed by atoms with van der Waals surface area (Å²) in [7, 11) is 0. The first kappa shape index (κ1) is 14.3. The zero-order valence-corrected chi connectivity index (χ0v) is 12.5. The summed E-state index contributed by atoms with van der Waals surface area (Å²) in [5.41, 5.74) is 9.08. The van der Waals surface area contributed by atoms with E-state index in [0.29, 0.717) is 11.1 Å². The van der Waals surface area contributed by atoms with Crippen LogP contribution in [0.3, 0.4) is 0 Å². The molecule has 1 heterocycles. The third-order valence-electron chi connectivity index (χ3n) is 3.68. The number of benzene rings is 1. The summed E-state index contributed by atoms with van der Waals surface area (Å²) in [5, 5.41) is 0. The maximum absolute atomic E-state index is 5.70. The molecule has 0 unspecified atom stereocenters. The van der Waals surface area contributed by atoms with E-state index < -0.39 is 0 Å². The van der Waals surface area contributed by atoms with E-state index in [0.717, 1.165) is 43.7 Å². The molecule has 4 heteroatoms. The number of rotatable bonds is 4. The van der Waals surface area contributed by atoms with Gasteiger partial charge in [0, 0.05) is 30.9 Å². The van der Waals surface area contributed by atoms with Crippen molar-refractivity contribution in [2.45, 2.75) is 32.8 Å². The number of hydrogen-bond donors (Lipinski definition) is 1. The molecule has 0 amide bonds. The molecule has 0 aliphatic carbocycles. The lowest BCUT2D eigenvalue weighted by molar-refractivity contribution is 0.0459. The Kier molecular flexibility index (Phi) is 4.77. The van der Waals surface area contributed by atoms with Crippen LogP contribution in [0.1, 0.15) is 30.9 Å². The number of piperidine rings is 1. The molecule has 1 aromatic rings. The Morgan fingerprint density at radius 3 is 2.63 bits per heavy atom. The highest BCUT2D eigenvalue weighted by atomic mass is 32.1. The van der Waals surface area contributed by atoms with Crippen molar-refractivity contribution in [2.24, 2.45) is 5.73 Å². The average Bonchev–Trinajstić information content (AvgIpc) is 2.39. The van der Waals surface area contributed by atoms with Gasteiger partial charge in [-0.2, -0.15) is 0 Å². The lowest BCUT2D eigenvalue weighted by Gasteiger charge is -2.33. The summed E-state index contributed by atoms with van der Waals surface area (Å²) in [6.45, 7) is 7.04. The molecule has 2 rings (SSSR count). The van der Waals surface area contributed by atoms with E-state index in [1.807, 2.05) is 6.07 Å². The molecule has 104 valence electrons. The van der Waals surface area contributed by atoms with Gasteiger partial charge in [0.25, 0.3) is 0 Å². The van der Waals surface area contributed by atoms with Gasteiger partial charge < -0.3 is 15.4 Å². The van der Waals surface area contributed by atoms with Gasteiger partial charge in [0.2, 0.25) is 0 Å². The van der Waals surface area contributed by atoms with Crippen LogP contribution in [0.15, 0.2) is 18.2 Å². The first-order valence-corrected chi connectivity index (χ1v) is 7.29. The van der Waals surface area contributed by atoms with Crippen molar-refractivity contribution in [3.8, 4) is 0 Å². The van der Waals surface area contributed by atoms with Crippen LogP contribution in [0.2, 0.25) is 0 Å². The molecule has 0 bridgehead atoms. The summed E-state index contributed by atoms with van der Waals surface area (Å²) in [5.74, 6) is 0. The minimum atomic E-state index is 0.429. The van der Waals surface area contributed by atoms with Gasteiger partial charge in [-0.3, -0.25) is 0 Å². The van der Waals surface area contributed by atoms with Gasteiger partial charge in [-0.25, -0.2) is 0 Å². The van der Waals surface area contributed by atoms with Crippen molar-refractivity contribution >= 4 is 22.9 Å². The minimum Gasteiger partial charge on any atom is -0.389 e. The molecule has 1 aliphatic rings. The smallest absolute Gasteiger partial charge is 0.104 e. The first-order valence-electron chi connectivity index (χ1n) is 6.88. The number of hydrogen-bond acceptors (Lipinski definition) is 3. The molecule has 0 atom stereocenters. The molecule has 19 heavy (non-hydrogen) atoms. The number of aryl methyl sites for hydroxylation is 1. The topological polar surface area (TPSA) is 38.5 Å². The van der Waals surface area contributed by atoms with Crippen molar-refractivity contribution in [3.63, 3.8) is 0 Å². The lowest BCUT2D eigenvalue weighted by Crippen LogP contribution is -2.37. The molecule has 1 fully saturated rings. The highest BCUT2D eigenvalue weighted by Gasteiger charge is 2.19. The van der Waals surface area contributed by atoms with Crippen molar-refractivity contribution in [1.82, 2.24) is 0 Å². The lowest BCUT2D eigenvalue weighted by atomic mass is 10.0. The summed E-state index contributed by atoms with van der Waals surface area (Å²) in [4.78, 5) is 2.88. The van der Waals surface area contributed by atoms with Crippen LogP contribution in [0.5, 0.6) is 0 Å². The van der Waals surface area contributed by atoms with Gasteiger partial charge in [-0.1, -0.05) is 12.2 Å². The predicted octanol–water partition coefficient (Wildman–Crippen LogP) is 2.63. The van der Waals surface area contributed by atoms with Crippen LogP contribution >= 0.6 is 12.2 Å². The van der Waals surface area contributed by atoms with E-state index in [9.17, 15) is 0 Å². The molecule has 0 radical (unpaired) electrons. The third kappa shape index (κ3) is 3.45. The van der Waals surface area contributed by atoms with E-state index in [1.54, 1.807) is 0 Å². The van der Waals surface area contributed by atoms with Gasteiger partial charge in [0.1, 0.15) is 4.99 Å². The summed E-state index contributed by atoms with van der Waals surface area (Å²) < 4.78 is 5.68. The number of ether oxygens (including phenoxy) is 1. The number of nitrogens with two attached hydrogens (primary N) is 1. The Bertz CT molecular complexity index is 453. The quantitative estimate of drug-likeness (QED) is 0.859. The van der Waals surface area contributed by atoms with Crippen molar-refractivity contribution < 1.29 is 4.74 Å². The fourth-order valence-electron chi connectivity index (χ4n) is 2.64. The molecule has 3 nitrogen and oxygen atoms in total. The number of nitrogens with zero attached hydrogens (tertiary/aromatic N) is 1. The molecule has 2 N–H and O–H groups in total. The monoisotopic (exact) mass is 278 g/mol. The largest absolute Gasteiger partial charge is 0.389 e. The van der Waals surface area contributed by atoms with Crippen LogP contribution in [-0.4, -0.2) is 30.8 Å². The third-order valence-corrected chi connectivity index (χ3v) is 3.90. The number of thiocarbonyl (C=S) groups is 1. The Morgan fingerprint density at radius 1 is 1.42 bits per heavy atom. The van der Waals surface area contributed by atoms with Gasteiger partial charge in [0.05, 0.1) is 6.10 Å². The second kappa shape index (κ2) is 6.35. The maximum atomic E-state index is 5.70. The van der Waals surface area contributed by atoms with E-state index in [2.05, 4.69) is 30.9 Å². The highest BCUT2D eigenvalue weighted by Crippen LogP contribution is 2.24. The molecule has 1 aliphatic heterocycles. The summed E-state index contributed by atoms with van der Waals surface area (Å²) >= 11 is 5.04. The Morgan fingerprint density at radius 2 is 2.11 bits per heavy atom. The standard InChI is InChI=1S/C15H22N2OS/c1-3-18-13-6-8-17(9-7-13)12-4-5-14(15(16)19)11(2)10-12/h4-5,10,13H,3,6-9H2,1-2H3,(H2,16,19). The van der Waals surface area contributed by atoms with Crippen LogP contribution in [0.25, 0.3) is 0 Å². The Labute approximate surface area is 120 Å². The fourth-order valence-corrected chi connectivity index (χ4v) is 2.87. The van der Waals surface area contributed by atoms with Gasteiger partial charge >= 0.3 is 0 Å². The van der Waals surface area contributed by atoms with Crippen LogP contribution in [-0.2, 0) is 4.74 Å². The molecule has 1 aromatic carbocycles. The van der Waals surface area contributed by atoms with Crippen LogP contribution in [0.4, 0.5) is 5.69 Å². The summed E-state index contributed by atoms with van der Waals surface area (Å²) in [6.07, 6.45) is 2.63. The Balaban J connectivity index is 2.04. The van der Waals surface area contributed by atoms with Gasteiger partial charge in [-0.05, 0) is 50.5 Å². The average molecular weight is 278 g/mol. The van der Waals surface area contributed by atoms with Gasteiger partial charge in [-0.15, -0.1) is 0 Å². The Hall–Kier alpha value is -1.13. The van der Waals surface area contributed by atoms with Gasteiger partial charge in [0.15, 0.2) is 0 Å². The summed E-state index contributed by atoms with van der Waals surface area (Å²) in [6, 6.07) is 6.32. The zero-order chi connectivity index (χ0) is 13.8. The van der Waals surface area contributed by atoms with Crippen LogP contribution < -0.4 is 10.6 Å². The highest BCUT2D eigenvalue weighted by molar-refractivity contribution is 7.80. The maximum Gasteiger partial charge on any atom is 0.104 e. The van der Waals surface area contributed by atoms with Crippen LogP contribution in [0, 0.1) is 6.92 Å². The SMILES string of the molecule is CCOC1CCN(c2ccc(C(N)=S)c(C)c2)CC1. The second-order valence-corrected chi connectivity index (χ2v) is 5.45.